The molecule has 4 heteroatoms. The van der Waals surface area contributed by atoms with Gasteiger partial charge in [0.05, 0.1) is 5.69 Å². The quantitative estimate of drug-likeness (QED) is 0.802. The van der Waals surface area contributed by atoms with E-state index in [2.05, 4.69) is 23.7 Å². The third-order valence-electron chi connectivity index (χ3n) is 2.77. The molecule has 2 rings (SSSR count). The minimum atomic E-state index is 0.426. The van der Waals surface area contributed by atoms with E-state index in [1.807, 2.05) is 0 Å². The Morgan fingerprint density at radius 1 is 1.60 bits per heavy atom. The van der Waals surface area contributed by atoms with Gasteiger partial charge in [-0.3, -0.25) is 0 Å². The van der Waals surface area contributed by atoms with Crippen molar-refractivity contribution in [1.82, 2.24) is 4.98 Å². The molecule has 84 valence electrons. The van der Waals surface area contributed by atoms with Gasteiger partial charge in [-0.2, -0.15) is 4.98 Å². The Labute approximate surface area is 90.5 Å². The Bertz CT molecular complexity index is 317. The largest absolute Gasteiger partial charge is 0.432 e. The Hall–Kier alpha value is -1.03. The van der Waals surface area contributed by atoms with Gasteiger partial charge in [0.15, 0.2) is 0 Å². The molecule has 4 nitrogen and oxygen atoms in total. The lowest BCUT2D eigenvalue weighted by molar-refractivity contribution is 0.503. The summed E-state index contributed by atoms with van der Waals surface area (Å²) in [5.74, 6) is 0.834. The van der Waals surface area contributed by atoms with Crippen molar-refractivity contribution in [1.29, 1.82) is 0 Å². The molecule has 0 spiro atoms. The van der Waals surface area contributed by atoms with E-state index in [1.165, 1.54) is 12.8 Å². The lowest BCUT2D eigenvalue weighted by Crippen LogP contribution is -2.33. The van der Waals surface area contributed by atoms with Gasteiger partial charge in [-0.1, -0.05) is 0 Å². The van der Waals surface area contributed by atoms with Gasteiger partial charge in [-0.15, -0.1) is 0 Å². The molecule has 1 aromatic rings. The monoisotopic (exact) mass is 209 g/mol. The van der Waals surface area contributed by atoms with Gasteiger partial charge in [-0.25, -0.2) is 0 Å². The molecule has 0 atom stereocenters. The molecule has 0 aromatic carbocycles. The van der Waals surface area contributed by atoms with Crippen LogP contribution in [-0.4, -0.2) is 17.6 Å². The number of nitrogens with zero attached hydrogens (tertiary/aromatic N) is 2. The van der Waals surface area contributed by atoms with Crippen LogP contribution >= 0.6 is 0 Å². The van der Waals surface area contributed by atoms with Gasteiger partial charge < -0.3 is 15.1 Å². The maximum absolute atomic E-state index is 5.51. The minimum Gasteiger partial charge on any atom is -0.432 e. The van der Waals surface area contributed by atoms with Crippen molar-refractivity contribution in [2.24, 2.45) is 11.7 Å². The summed E-state index contributed by atoms with van der Waals surface area (Å²) in [6, 6.07) is 1.15. The molecule has 0 aliphatic heterocycles. The number of rotatable bonds is 5. The number of hydrogen-bond donors (Lipinski definition) is 1. The zero-order valence-electron chi connectivity index (χ0n) is 9.44. The second-order valence-corrected chi connectivity index (χ2v) is 4.52. The second-order valence-electron chi connectivity index (χ2n) is 4.52. The summed E-state index contributed by atoms with van der Waals surface area (Å²) in [7, 11) is 0. The van der Waals surface area contributed by atoms with Crippen molar-refractivity contribution in [2.45, 2.75) is 39.3 Å². The maximum atomic E-state index is 5.51. The van der Waals surface area contributed by atoms with Crippen LogP contribution in [0.2, 0.25) is 0 Å². The van der Waals surface area contributed by atoms with E-state index in [1.54, 1.807) is 6.26 Å². The number of oxazole rings is 1. The molecule has 0 unspecified atom stereocenters. The second kappa shape index (κ2) is 4.23. The molecule has 1 fully saturated rings. The van der Waals surface area contributed by atoms with Gasteiger partial charge in [0.25, 0.3) is 6.01 Å². The van der Waals surface area contributed by atoms with E-state index in [4.69, 9.17) is 10.2 Å². The molecule has 1 aromatic heterocycles. The topological polar surface area (TPSA) is 55.3 Å². The summed E-state index contributed by atoms with van der Waals surface area (Å²) in [6.45, 7) is 5.82. The van der Waals surface area contributed by atoms with Crippen LogP contribution in [0.1, 0.15) is 32.4 Å². The van der Waals surface area contributed by atoms with Crippen LogP contribution in [0.4, 0.5) is 6.01 Å². The first kappa shape index (κ1) is 10.5. The van der Waals surface area contributed by atoms with Crippen LogP contribution in [0, 0.1) is 5.92 Å². The van der Waals surface area contributed by atoms with Crippen LogP contribution in [0.15, 0.2) is 10.7 Å². The van der Waals surface area contributed by atoms with Gasteiger partial charge in [0, 0.05) is 19.1 Å². The molecule has 1 heterocycles. The predicted molar refractivity (Wildman–Crippen MR) is 59.6 cm³/mol. The highest BCUT2D eigenvalue weighted by atomic mass is 16.4. The molecular weight excluding hydrogens is 190 g/mol. The van der Waals surface area contributed by atoms with Gasteiger partial charge >= 0.3 is 0 Å². The number of nitrogens with two attached hydrogens (primary N) is 1. The normalized spacial score (nSPS) is 16.0. The zero-order chi connectivity index (χ0) is 10.8. The first-order valence-electron chi connectivity index (χ1n) is 5.61. The standard InChI is InChI=1S/C11H19N3O/c1-8(2)14(6-9-3-4-9)11-13-10(5-12)7-15-11/h7-9H,3-6,12H2,1-2H3. The summed E-state index contributed by atoms with van der Waals surface area (Å²) in [5.41, 5.74) is 6.34. The minimum absolute atomic E-state index is 0.426. The van der Waals surface area contributed by atoms with Crippen molar-refractivity contribution >= 4 is 6.01 Å². The predicted octanol–water partition coefficient (Wildman–Crippen LogP) is 1.76. The first-order valence-corrected chi connectivity index (χ1v) is 5.61. The lowest BCUT2D eigenvalue weighted by atomic mass is 10.3. The Morgan fingerprint density at radius 3 is 2.80 bits per heavy atom. The van der Waals surface area contributed by atoms with Gasteiger partial charge in [0.2, 0.25) is 0 Å². The number of aromatic nitrogens is 1. The van der Waals surface area contributed by atoms with Crippen LogP contribution in [0.5, 0.6) is 0 Å². The van der Waals surface area contributed by atoms with E-state index in [9.17, 15) is 0 Å². The highest BCUT2D eigenvalue weighted by molar-refractivity contribution is 5.29. The molecule has 1 aliphatic rings. The smallest absolute Gasteiger partial charge is 0.297 e. The molecular formula is C11H19N3O. The van der Waals surface area contributed by atoms with Crippen LogP contribution in [0.25, 0.3) is 0 Å². The van der Waals surface area contributed by atoms with Gasteiger partial charge in [0.1, 0.15) is 6.26 Å². The Balaban J connectivity index is 2.07. The summed E-state index contributed by atoms with van der Waals surface area (Å²) < 4.78 is 5.44. The van der Waals surface area contributed by atoms with E-state index >= 15 is 0 Å². The third kappa shape index (κ3) is 2.50. The third-order valence-corrected chi connectivity index (χ3v) is 2.77. The van der Waals surface area contributed by atoms with E-state index < -0.39 is 0 Å². The van der Waals surface area contributed by atoms with Gasteiger partial charge in [-0.05, 0) is 32.6 Å². The molecule has 0 saturated heterocycles. The molecule has 0 bridgehead atoms. The summed E-state index contributed by atoms with van der Waals surface area (Å²) in [5, 5.41) is 0. The summed E-state index contributed by atoms with van der Waals surface area (Å²) >= 11 is 0. The average Bonchev–Trinajstić information content (AvgIpc) is 2.91. The fourth-order valence-electron chi connectivity index (χ4n) is 1.61. The van der Waals surface area contributed by atoms with Crippen LogP contribution in [0.3, 0.4) is 0 Å². The summed E-state index contributed by atoms with van der Waals surface area (Å²) in [4.78, 5) is 6.58. The number of hydrogen-bond acceptors (Lipinski definition) is 4. The van der Waals surface area contributed by atoms with Crippen molar-refractivity contribution in [3.63, 3.8) is 0 Å². The van der Waals surface area contributed by atoms with Crippen molar-refractivity contribution < 1.29 is 4.42 Å². The van der Waals surface area contributed by atoms with E-state index in [0.29, 0.717) is 12.6 Å². The van der Waals surface area contributed by atoms with Crippen molar-refractivity contribution in [3.05, 3.63) is 12.0 Å². The maximum Gasteiger partial charge on any atom is 0.297 e. The molecule has 1 aliphatic carbocycles. The molecule has 1 saturated carbocycles. The first-order chi connectivity index (χ1) is 7.20. The Morgan fingerprint density at radius 2 is 2.33 bits per heavy atom. The van der Waals surface area contributed by atoms with E-state index in [0.717, 1.165) is 24.2 Å². The molecule has 0 radical (unpaired) electrons. The molecule has 2 N–H and O–H groups in total. The van der Waals surface area contributed by atoms with Crippen LogP contribution in [-0.2, 0) is 6.54 Å². The van der Waals surface area contributed by atoms with E-state index in [-0.39, 0.29) is 0 Å². The SMILES string of the molecule is CC(C)N(CC1CC1)c1nc(CN)co1. The summed E-state index contributed by atoms with van der Waals surface area (Å²) in [6.07, 6.45) is 4.33. The zero-order valence-corrected chi connectivity index (χ0v) is 9.44. The fourth-order valence-corrected chi connectivity index (χ4v) is 1.61. The van der Waals surface area contributed by atoms with Crippen molar-refractivity contribution in [2.75, 3.05) is 11.4 Å². The molecule has 0 amide bonds. The lowest BCUT2D eigenvalue weighted by Gasteiger charge is -2.24. The number of anilines is 1. The highest BCUT2D eigenvalue weighted by Gasteiger charge is 2.27. The fraction of sp³-hybridized carbons (Fsp3) is 0.727. The van der Waals surface area contributed by atoms with Crippen LogP contribution < -0.4 is 10.6 Å². The van der Waals surface area contributed by atoms with Crippen molar-refractivity contribution in [3.8, 4) is 0 Å². The Kier molecular flexibility index (Phi) is 2.95. The highest BCUT2D eigenvalue weighted by Crippen LogP contribution is 2.32. The average molecular weight is 209 g/mol. The molecule has 15 heavy (non-hydrogen) atoms.